The first-order valence-electron chi connectivity index (χ1n) is 3.00. The molecule has 0 aliphatic carbocycles. The van der Waals surface area contributed by atoms with Crippen LogP contribution in [0.15, 0.2) is 24.3 Å². The van der Waals surface area contributed by atoms with Crippen molar-refractivity contribution >= 4 is 35.3 Å². The van der Waals surface area contributed by atoms with Gasteiger partial charge >= 0.3 is 51.4 Å². The van der Waals surface area contributed by atoms with Crippen LogP contribution in [0.25, 0.3) is 0 Å². The fraction of sp³-hybridized carbons (Fsp3) is 0. The third-order valence-corrected chi connectivity index (χ3v) is 1.75. The molecule has 0 N–H and O–H groups in total. The molecule has 1 rings (SSSR count). The zero-order chi connectivity index (χ0) is 8.27. The van der Waals surface area contributed by atoms with Gasteiger partial charge in [0.1, 0.15) is 6.29 Å². The van der Waals surface area contributed by atoms with Crippen molar-refractivity contribution < 1.29 is 56.2 Å². The van der Waals surface area contributed by atoms with Crippen LogP contribution in [0, 0.1) is 0 Å². The van der Waals surface area contributed by atoms with E-state index in [0.29, 0.717) is 9.76 Å². The summed E-state index contributed by atoms with van der Waals surface area (Å²) < 4.78 is 0.433. The zero-order valence-corrected chi connectivity index (χ0v) is 11.4. The standard InChI is InChI=1S/C8H6OS2.K/c9-5-6-1-3-7(4-2-6)8(10)11;/h1-5H,(H,10,11);/q;+1/p-1. The first-order valence-corrected chi connectivity index (χ1v) is 3.82. The van der Waals surface area contributed by atoms with Crippen molar-refractivity contribution in [2.24, 2.45) is 0 Å². The number of rotatable bonds is 2. The van der Waals surface area contributed by atoms with Crippen molar-refractivity contribution in [3.8, 4) is 0 Å². The summed E-state index contributed by atoms with van der Waals surface area (Å²) in [5, 5.41) is 0. The van der Waals surface area contributed by atoms with Crippen molar-refractivity contribution in [3.63, 3.8) is 0 Å². The molecular formula is C8H5KOS2. The van der Waals surface area contributed by atoms with Crippen molar-refractivity contribution in [1.29, 1.82) is 0 Å². The van der Waals surface area contributed by atoms with Gasteiger partial charge in [0.2, 0.25) is 0 Å². The van der Waals surface area contributed by atoms with Gasteiger partial charge in [0.15, 0.2) is 0 Å². The number of aldehydes is 1. The summed E-state index contributed by atoms with van der Waals surface area (Å²) >= 11 is 9.54. The van der Waals surface area contributed by atoms with Crippen LogP contribution in [-0.2, 0) is 12.6 Å². The van der Waals surface area contributed by atoms with E-state index in [1.807, 2.05) is 0 Å². The second-order valence-corrected chi connectivity index (χ2v) is 3.10. The average Bonchev–Trinajstić information content (AvgIpc) is 2.05. The molecule has 56 valence electrons. The van der Waals surface area contributed by atoms with Crippen LogP contribution in [0.1, 0.15) is 15.9 Å². The van der Waals surface area contributed by atoms with Gasteiger partial charge in [-0.2, -0.15) is 0 Å². The Kier molecular flexibility index (Phi) is 6.75. The molecule has 4 heteroatoms. The Morgan fingerprint density at radius 1 is 1.33 bits per heavy atom. The summed E-state index contributed by atoms with van der Waals surface area (Å²) in [4.78, 5) is 10.2. The van der Waals surface area contributed by atoms with Gasteiger partial charge in [0.25, 0.3) is 0 Å². The van der Waals surface area contributed by atoms with E-state index < -0.39 is 0 Å². The predicted octanol–water partition coefficient (Wildman–Crippen LogP) is -1.27. The third kappa shape index (κ3) is 3.70. The minimum absolute atomic E-state index is 0. The molecule has 0 radical (unpaired) electrons. The first-order chi connectivity index (χ1) is 5.24. The smallest absolute Gasteiger partial charge is 0.428 e. The fourth-order valence-corrected chi connectivity index (χ4v) is 0.970. The van der Waals surface area contributed by atoms with Crippen molar-refractivity contribution in [1.82, 2.24) is 0 Å². The van der Waals surface area contributed by atoms with Crippen LogP contribution in [0.2, 0.25) is 0 Å². The molecule has 0 saturated carbocycles. The molecule has 0 saturated heterocycles. The minimum atomic E-state index is 0. The Balaban J connectivity index is 0.00000121. The van der Waals surface area contributed by atoms with E-state index in [2.05, 4.69) is 0 Å². The third-order valence-electron chi connectivity index (χ3n) is 1.28. The van der Waals surface area contributed by atoms with Crippen molar-refractivity contribution in [3.05, 3.63) is 35.4 Å². The Morgan fingerprint density at radius 2 is 1.83 bits per heavy atom. The second-order valence-electron chi connectivity index (χ2n) is 2.03. The molecule has 0 atom stereocenters. The van der Waals surface area contributed by atoms with Crippen molar-refractivity contribution in [2.45, 2.75) is 0 Å². The molecule has 0 heterocycles. The fourth-order valence-electron chi connectivity index (χ4n) is 0.698. The monoisotopic (exact) mass is 220 g/mol. The zero-order valence-electron chi connectivity index (χ0n) is 6.61. The normalized spacial score (nSPS) is 8.33. The second kappa shape index (κ2) is 6.31. The van der Waals surface area contributed by atoms with Gasteiger partial charge in [0, 0.05) is 5.56 Å². The topological polar surface area (TPSA) is 17.1 Å². The maximum absolute atomic E-state index is 10.2. The summed E-state index contributed by atoms with van der Waals surface area (Å²) in [6.45, 7) is 0. The number of hydrogen-bond donors (Lipinski definition) is 0. The Morgan fingerprint density at radius 3 is 2.17 bits per heavy atom. The first kappa shape index (κ1) is 12.8. The Hall–Kier alpha value is 0.836. The van der Waals surface area contributed by atoms with Crippen LogP contribution < -0.4 is 51.4 Å². The maximum atomic E-state index is 10.2. The number of thiocarbonyl (C=S) groups is 1. The van der Waals surface area contributed by atoms with E-state index in [0.717, 1.165) is 11.8 Å². The van der Waals surface area contributed by atoms with Gasteiger partial charge in [-0.05, 0) is 5.56 Å². The number of benzene rings is 1. The van der Waals surface area contributed by atoms with E-state index in [1.54, 1.807) is 24.3 Å². The van der Waals surface area contributed by atoms with Crippen LogP contribution >= 0.6 is 12.2 Å². The summed E-state index contributed by atoms with van der Waals surface area (Å²) in [6.07, 6.45) is 0.788. The van der Waals surface area contributed by atoms with Crippen LogP contribution in [0.5, 0.6) is 0 Å². The van der Waals surface area contributed by atoms with Crippen LogP contribution in [0.4, 0.5) is 0 Å². The van der Waals surface area contributed by atoms with Gasteiger partial charge in [-0.3, -0.25) is 4.79 Å². The predicted molar refractivity (Wildman–Crippen MR) is 50.9 cm³/mol. The molecule has 1 nitrogen and oxygen atoms in total. The SMILES string of the molecule is O=Cc1ccc(C(=S)[S-])cc1.[K+]. The van der Waals surface area contributed by atoms with E-state index in [4.69, 9.17) is 24.8 Å². The quantitative estimate of drug-likeness (QED) is 0.268. The molecule has 0 amide bonds. The molecule has 1 aromatic rings. The Bertz CT molecular complexity index is 282. The molecule has 0 unspecified atom stereocenters. The molecule has 12 heavy (non-hydrogen) atoms. The van der Waals surface area contributed by atoms with E-state index >= 15 is 0 Å². The number of hydrogen-bond acceptors (Lipinski definition) is 3. The van der Waals surface area contributed by atoms with Crippen LogP contribution in [0.3, 0.4) is 0 Å². The van der Waals surface area contributed by atoms with Gasteiger partial charge in [-0.25, -0.2) is 0 Å². The summed E-state index contributed by atoms with van der Waals surface area (Å²) in [5.41, 5.74) is 1.46. The summed E-state index contributed by atoms with van der Waals surface area (Å²) in [5.74, 6) is 0. The average molecular weight is 220 g/mol. The van der Waals surface area contributed by atoms with E-state index in [1.165, 1.54) is 0 Å². The van der Waals surface area contributed by atoms with Gasteiger partial charge in [-0.15, -0.1) is 4.20 Å². The Labute approximate surface area is 125 Å². The number of carbonyl (C=O) groups excluding carboxylic acids is 1. The molecule has 0 fully saturated rings. The maximum Gasteiger partial charge on any atom is 1.00 e. The van der Waals surface area contributed by atoms with Gasteiger partial charge in [0.05, 0.1) is 0 Å². The molecule has 0 aliphatic rings. The van der Waals surface area contributed by atoms with Gasteiger partial charge < -0.3 is 24.8 Å². The van der Waals surface area contributed by atoms with E-state index in [9.17, 15) is 4.79 Å². The molecule has 0 spiro atoms. The molecule has 1 aromatic carbocycles. The minimum Gasteiger partial charge on any atom is -0.428 e. The molecule has 0 aliphatic heterocycles. The van der Waals surface area contributed by atoms with Gasteiger partial charge in [-0.1, -0.05) is 24.3 Å². The number of carbonyl (C=O) groups is 1. The largest absolute Gasteiger partial charge is 1.00 e. The van der Waals surface area contributed by atoms with E-state index in [-0.39, 0.29) is 51.4 Å². The molecule has 0 bridgehead atoms. The summed E-state index contributed by atoms with van der Waals surface area (Å²) in [7, 11) is 0. The van der Waals surface area contributed by atoms with Crippen LogP contribution in [-0.4, -0.2) is 10.5 Å². The molecule has 0 aromatic heterocycles. The molecular weight excluding hydrogens is 215 g/mol. The van der Waals surface area contributed by atoms with Crippen molar-refractivity contribution in [2.75, 3.05) is 0 Å². The summed E-state index contributed by atoms with van der Waals surface area (Å²) in [6, 6.07) is 6.89.